The van der Waals surface area contributed by atoms with Crippen molar-refractivity contribution in [3.05, 3.63) is 16.9 Å². The first-order chi connectivity index (χ1) is 11.7. The predicted octanol–water partition coefficient (Wildman–Crippen LogP) is 3.40. The van der Waals surface area contributed by atoms with Crippen LogP contribution in [0.15, 0.2) is 16.9 Å². The summed E-state index contributed by atoms with van der Waals surface area (Å²) in [5, 5.41) is 3.89. The molecule has 0 radical (unpaired) electrons. The molecule has 2 aromatic heterocycles. The Morgan fingerprint density at radius 2 is 2.28 bits per heavy atom. The van der Waals surface area contributed by atoms with Crippen LogP contribution in [0.25, 0.3) is 11.0 Å². The molecule has 1 fully saturated rings. The minimum atomic E-state index is -0.502. The smallest absolute Gasteiger partial charge is 0.407 e. The van der Waals surface area contributed by atoms with E-state index in [2.05, 4.69) is 36.1 Å². The number of rotatable bonds is 2. The van der Waals surface area contributed by atoms with Gasteiger partial charge in [-0.25, -0.2) is 9.78 Å². The molecule has 136 valence electrons. The number of halogens is 1. The van der Waals surface area contributed by atoms with Gasteiger partial charge in [-0.2, -0.15) is 0 Å². The standard InChI is InChI=1S/C17H24BrN5O2/c1-17(2,3)25-16(24)22-10-5-4-6-23(9-10)14-11(18)7-20-15-13(14)12(19)8-21-15/h7-8,10H,4-6,9,19H2,1-3H3,(H,20,21)(H,22,24)/t10-/m1/s1. The molecule has 0 spiro atoms. The molecule has 0 saturated carbocycles. The van der Waals surface area contributed by atoms with Gasteiger partial charge in [-0.1, -0.05) is 0 Å². The molecule has 0 unspecified atom stereocenters. The van der Waals surface area contributed by atoms with Gasteiger partial charge >= 0.3 is 6.09 Å². The number of piperidine rings is 1. The Hall–Kier alpha value is -1.96. The van der Waals surface area contributed by atoms with Crippen molar-refractivity contribution < 1.29 is 9.53 Å². The number of nitrogens with zero attached hydrogens (tertiary/aromatic N) is 2. The van der Waals surface area contributed by atoms with E-state index in [9.17, 15) is 4.79 Å². The molecule has 0 aliphatic carbocycles. The van der Waals surface area contributed by atoms with Crippen molar-refractivity contribution in [1.82, 2.24) is 15.3 Å². The lowest BCUT2D eigenvalue weighted by Gasteiger charge is -2.36. The predicted molar refractivity (Wildman–Crippen MR) is 103 cm³/mol. The van der Waals surface area contributed by atoms with Gasteiger partial charge in [0.25, 0.3) is 0 Å². The van der Waals surface area contributed by atoms with Gasteiger partial charge in [0, 0.05) is 31.5 Å². The van der Waals surface area contributed by atoms with Gasteiger partial charge in [0.05, 0.1) is 21.2 Å². The molecule has 2 aromatic rings. The summed E-state index contributed by atoms with van der Waals surface area (Å²) in [6, 6.07) is 0.0267. The van der Waals surface area contributed by atoms with Crippen LogP contribution in [0, 0.1) is 0 Å². The summed E-state index contributed by atoms with van der Waals surface area (Å²) in [5.74, 6) is 0. The zero-order chi connectivity index (χ0) is 18.2. The van der Waals surface area contributed by atoms with Gasteiger partial charge in [0.2, 0.25) is 0 Å². The highest BCUT2D eigenvalue weighted by Crippen LogP contribution is 2.37. The van der Waals surface area contributed by atoms with Crippen LogP contribution >= 0.6 is 15.9 Å². The SMILES string of the molecule is CC(C)(C)OC(=O)N[C@@H]1CCCN(c2c(Br)cnc3[nH]cc(N)c23)C1. The average molecular weight is 410 g/mol. The first-order valence-corrected chi connectivity index (χ1v) is 9.19. The second kappa shape index (κ2) is 6.74. The summed E-state index contributed by atoms with van der Waals surface area (Å²) in [6.45, 7) is 7.17. The molecular formula is C17H24BrN5O2. The van der Waals surface area contributed by atoms with E-state index in [0.717, 1.165) is 40.6 Å². The number of fused-ring (bicyclic) bond motifs is 1. The molecule has 1 amide bonds. The first kappa shape index (κ1) is 17.8. The topological polar surface area (TPSA) is 96.3 Å². The molecule has 1 atom stereocenters. The molecule has 4 N–H and O–H groups in total. The Bertz CT molecular complexity index is 783. The molecule has 1 aliphatic heterocycles. The summed E-state index contributed by atoms with van der Waals surface area (Å²) in [7, 11) is 0. The largest absolute Gasteiger partial charge is 0.444 e. The fourth-order valence-electron chi connectivity index (χ4n) is 3.16. The van der Waals surface area contributed by atoms with Crippen LogP contribution in [0.5, 0.6) is 0 Å². The quantitative estimate of drug-likeness (QED) is 0.705. The normalized spacial score (nSPS) is 18.4. The first-order valence-electron chi connectivity index (χ1n) is 8.40. The highest BCUT2D eigenvalue weighted by atomic mass is 79.9. The van der Waals surface area contributed by atoms with Gasteiger partial charge in [-0.15, -0.1) is 0 Å². The highest BCUT2D eigenvalue weighted by Gasteiger charge is 2.27. The second-order valence-corrected chi connectivity index (χ2v) is 8.21. The third-order valence-corrected chi connectivity index (χ3v) is 4.70. The zero-order valence-electron chi connectivity index (χ0n) is 14.7. The number of alkyl carbamates (subject to hydrolysis) is 1. The number of pyridine rings is 1. The Balaban J connectivity index is 1.79. The molecule has 1 aliphatic rings. The summed E-state index contributed by atoms with van der Waals surface area (Å²) < 4.78 is 6.26. The Kier molecular flexibility index (Phi) is 4.81. The minimum absolute atomic E-state index is 0.0267. The molecule has 0 bridgehead atoms. The van der Waals surface area contributed by atoms with Crippen LogP contribution in [-0.4, -0.2) is 40.8 Å². The van der Waals surface area contributed by atoms with Crippen LogP contribution in [0.2, 0.25) is 0 Å². The number of hydrogen-bond donors (Lipinski definition) is 3. The maximum atomic E-state index is 12.1. The van der Waals surface area contributed by atoms with Crippen LogP contribution in [0.3, 0.4) is 0 Å². The van der Waals surface area contributed by atoms with Gasteiger partial charge in [-0.3, -0.25) is 0 Å². The molecule has 1 saturated heterocycles. The van der Waals surface area contributed by atoms with Crippen LogP contribution in [-0.2, 0) is 4.74 Å². The molecule has 3 rings (SSSR count). The maximum absolute atomic E-state index is 12.1. The molecule has 0 aromatic carbocycles. The fourth-order valence-corrected chi connectivity index (χ4v) is 3.71. The Morgan fingerprint density at radius 1 is 1.52 bits per heavy atom. The van der Waals surface area contributed by atoms with Gasteiger partial charge < -0.3 is 25.7 Å². The Morgan fingerprint density at radius 3 is 3.00 bits per heavy atom. The number of anilines is 2. The molecule has 25 heavy (non-hydrogen) atoms. The van der Waals surface area contributed by atoms with Crippen molar-refractivity contribution >= 4 is 44.4 Å². The molecule has 3 heterocycles. The lowest BCUT2D eigenvalue weighted by Crippen LogP contribution is -2.49. The van der Waals surface area contributed by atoms with Crippen LogP contribution in [0.1, 0.15) is 33.6 Å². The number of carbonyl (C=O) groups excluding carboxylic acids is 1. The van der Waals surface area contributed by atoms with Gasteiger partial charge in [0.15, 0.2) is 0 Å². The fraction of sp³-hybridized carbons (Fsp3) is 0.529. The number of carbonyl (C=O) groups is 1. The van der Waals surface area contributed by atoms with Crippen molar-refractivity contribution in [3.8, 4) is 0 Å². The van der Waals surface area contributed by atoms with Crippen molar-refractivity contribution in [3.63, 3.8) is 0 Å². The number of H-pyrrole nitrogens is 1. The van der Waals surface area contributed by atoms with Gasteiger partial charge in [-0.05, 0) is 49.5 Å². The number of nitrogen functional groups attached to an aromatic ring is 1. The summed E-state index contributed by atoms with van der Waals surface area (Å²) in [4.78, 5) is 21.8. The lowest BCUT2D eigenvalue weighted by atomic mass is 10.0. The van der Waals surface area contributed by atoms with E-state index in [1.807, 2.05) is 20.8 Å². The number of amides is 1. The van der Waals surface area contributed by atoms with Crippen molar-refractivity contribution in [1.29, 1.82) is 0 Å². The molecular weight excluding hydrogens is 386 g/mol. The second-order valence-electron chi connectivity index (χ2n) is 7.35. The van der Waals surface area contributed by atoms with E-state index in [1.165, 1.54) is 0 Å². The van der Waals surface area contributed by atoms with E-state index >= 15 is 0 Å². The Labute approximate surface area is 155 Å². The number of hydrogen-bond acceptors (Lipinski definition) is 5. The van der Waals surface area contributed by atoms with E-state index in [-0.39, 0.29) is 12.1 Å². The summed E-state index contributed by atoms with van der Waals surface area (Å²) >= 11 is 3.60. The number of ether oxygens (including phenoxy) is 1. The van der Waals surface area contributed by atoms with E-state index in [1.54, 1.807) is 12.4 Å². The van der Waals surface area contributed by atoms with Crippen LogP contribution in [0.4, 0.5) is 16.2 Å². The molecule has 8 heteroatoms. The molecule has 7 nitrogen and oxygen atoms in total. The lowest BCUT2D eigenvalue weighted by molar-refractivity contribution is 0.0500. The van der Waals surface area contributed by atoms with Crippen molar-refractivity contribution in [2.24, 2.45) is 0 Å². The summed E-state index contributed by atoms with van der Waals surface area (Å²) in [6.07, 6.45) is 5.05. The van der Waals surface area contributed by atoms with Gasteiger partial charge in [0.1, 0.15) is 11.2 Å². The van der Waals surface area contributed by atoms with E-state index in [4.69, 9.17) is 10.5 Å². The minimum Gasteiger partial charge on any atom is -0.444 e. The highest BCUT2D eigenvalue weighted by molar-refractivity contribution is 9.10. The summed E-state index contributed by atoms with van der Waals surface area (Å²) in [5.41, 5.74) is 8.07. The third-order valence-electron chi connectivity index (χ3n) is 4.12. The maximum Gasteiger partial charge on any atom is 0.407 e. The van der Waals surface area contributed by atoms with E-state index in [0.29, 0.717) is 12.2 Å². The number of nitrogens with two attached hydrogens (primary N) is 1. The number of aromatic nitrogens is 2. The van der Waals surface area contributed by atoms with Crippen molar-refractivity contribution in [2.75, 3.05) is 23.7 Å². The van der Waals surface area contributed by atoms with Crippen LogP contribution < -0.4 is 16.0 Å². The average Bonchev–Trinajstić information content (AvgIpc) is 2.87. The van der Waals surface area contributed by atoms with Crippen molar-refractivity contribution in [2.45, 2.75) is 45.3 Å². The monoisotopic (exact) mass is 409 g/mol. The zero-order valence-corrected chi connectivity index (χ0v) is 16.3. The third kappa shape index (κ3) is 4.00. The van der Waals surface area contributed by atoms with E-state index < -0.39 is 5.60 Å². The number of aromatic amines is 1. The number of nitrogens with one attached hydrogen (secondary N) is 2.